The second-order valence-electron chi connectivity index (χ2n) is 5.93. The molecular formula is C14H23N. The van der Waals surface area contributed by atoms with Crippen molar-refractivity contribution in [3.05, 3.63) is 23.3 Å². The maximum atomic E-state index is 2.61. The fraction of sp³-hybridized carbons (Fsp3) is 0.714. The lowest BCUT2D eigenvalue weighted by Crippen LogP contribution is -2.46. The highest BCUT2D eigenvalue weighted by Gasteiger charge is 2.29. The molecule has 1 aliphatic heterocycles. The van der Waals surface area contributed by atoms with Crippen LogP contribution in [0.4, 0.5) is 0 Å². The minimum Gasteiger partial charge on any atom is -0.294 e. The third kappa shape index (κ3) is 2.17. The van der Waals surface area contributed by atoms with E-state index in [2.05, 4.69) is 44.7 Å². The van der Waals surface area contributed by atoms with Crippen LogP contribution in [-0.2, 0) is 0 Å². The predicted molar refractivity (Wildman–Crippen MR) is 65.9 cm³/mol. The van der Waals surface area contributed by atoms with E-state index in [1.54, 1.807) is 11.1 Å². The molecule has 0 amide bonds. The van der Waals surface area contributed by atoms with E-state index in [0.29, 0.717) is 5.54 Å². The molecule has 0 saturated heterocycles. The van der Waals surface area contributed by atoms with Crippen molar-refractivity contribution >= 4 is 0 Å². The lowest BCUT2D eigenvalue weighted by molar-refractivity contribution is 0.139. The molecule has 1 atom stereocenters. The second kappa shape index (κ2) is 3.79. The van der Waals surface area contributed by atoms with Gasteiger partial charge in [0.2, 0.25) is 0 Å². The van der Waals surface area contributed by atoms with Crippen molar-refractivity contribution in [3.8, 4) is 0 Å². The topological polar surface area (TPSA) is 3.24 Å². The van der Waals surface area contributed by atoms with Crippen LogP contribution in [0.2, 0.25) is 0 Å². The molecule has 0 fully saturated rings. The Morgan fingerprint density at radius 3 is 2.73 bits per heavy atom. The molecule has 0 N–H and O–H groups in total. The van der Waals surface area contributed by atoms with Gasteiger partial charge in [-0.15, -0.1) is 0 Å². The molecule has 15 heavy (non-hydrogen) atoms. The molecule has 0 spiro atoms. The van der Waals surface area contributed by atoms with Gasteiger partial charge < -0.3 is 0 Å². The molecule has 1 nitrogen and oxygen atoms in total. The Bertz CT molecular complexity index is 304. The van der Waals surface area contributed by atoms with Crippen LogP contribution in [-0.4, -0.2) is 23.5 Å². The van der Waals surface area contributed by atoms with E-state index in [1.807, 2.05) is 0 Å². The largest absolute Gasteiger partial charge is 0.294 e. The Kier molecular flexibility index (Phi) is 2.76. The van der Waals surface area contributed by atoms with Gasteiger partial charge in [-0.25, -0.2) is 0 Å². The summed E-state index contributed by atoms with van der Waals surface area (Å²) >= 11 is 0. The fourth-order valence-corrected chi connectivity index (χ4v) is 2.59. The van der Waals surface area contributed by atoms with E-state index in [9.17, 15) is 0 Å². The smallest absolute Gasteiger partial charge is 0.0206 e. The van der Waals surface area contributed by atoms with Crippen LogP contribution in [0.5, 0.6) is 0 Å². The molecule has 2 rings (SSSR count). The van der Waals surface area contributed by atoms with Gasteiger partial charge in [0.1, 0.15) is 0 Å². The van der Waals surface area contributed by atoms with Crippen molar-refractivity contribution < 1.29 is 0 Å². The molecule has 0 aromatic carbocycles. The van der Waals surface area contributed by atoms with E-state index in [0.717, 1.165) is 5.92 Å². The van der Waals surface area contributed by atoms with Crippen molar-refractivity contribution in [2.75, 3.05) is 13.1 Å². The van der Waals surface area contributed by atoms with Crippen LogP contribution < -0.4 is 0 Å². The van der Waals surface area contributed by atoms with Gasteiger partial charge in [-0.3, -0.25) is 4.90 Å². The molecular weight excluding hydrogens is 182 g/mol. The first-order valence-electron chi connectivity index (χ1n) is 6.12. The van der Waals surface area contributed by atoms with Crippen LogP contribution in [0.1, 0.15) is 40.5 Å². The van der Waals surface area contributed by atoms with Crippen molar-refractivity contribution in [2.45, 2.75) is 46.1 Å². The van der Waals surface area contributed by atoms with Gasteiger partial charge >= 0.3 is 0 Å². The fourth-order valence-electron chi connectivity index (χ4n) is 2.59. The molecule has 84 valence electrons. The standard InChI is InChI=1S/C14H23N/c1-11-6-5-7-12-8-9-15(10-13(11)12)14(2,3)4/h5,7,11H,6,8-10H2,1-4H3. The predicted octanol–water partition coefficient (Wildman–Crippen LogP) is 3.38. The highest BCUT2D eigenvalue weighted by molar-refractivity contribution is 5.34. The maximum absolute atomic E-state index is 2.61. The summed E-state index contributed by atoms with van der Waals surface area (Å²) in [6.07, 6.45) is 7.18. The average Bonchev–Trinajstić information content (AvgIpc) is 2.16. The van der Waals surface area contributed by atoms with Crippen LogP contribution >= 0.6 is 0 Å². The van der Waals surface area contributed by atoms with Crippen LogP contribution in [0.15, 0.2) is 23.3 Å². The molecule has 0 aromatic heterocycles. The summed E-state index contributed by atoms with van der Waals surface area (Å²) in [5, 5.41) is 0. The van der Waals surface area contributed by atoms with Gasteiger partial charge in [0.05, 0.1) is 0 Å². The molecule has 1 heteroatoms. The SMILES string of the molecule is CC1CC=CC2=C1CN(C(C)(C)C)CC2. The summed E-state index contributed by atoms with van der Waals surface area (Å²) in [7, 11) is 0. The molecule has 0 bridgehead atoms. The molecule has 1 unspecified atom stereocenters. The number of hydrogen-bond acceptors (Lipinski definition) is 1. The van der Waals surface area contributed by atoms with Gasteiger partial charge in [0.15, 0.2) is 0 Å². The van der Waals surface area contributed by atoms with Gasteiger partial charge in [0, 0.05) is 18.6 Å². The summed E-state index contributed by atoms with van der Waals surface area (Å²) in [5.41, 5.74) is 3.63. The third-order valence-corrected chi connectivity index (χ3v) is 3.78. The highest BCUT2D eigenvalue weighted by Crippen LogP contribution is 2.33. The zero-order valence-electron chi connectivity index (χ0n) is 10.5. The van der Waals surface area contributed by atoms with Gasteiger partial charge in [0.25, 0.3) is 0 Å². The Labute approximate surface area is 93.9 Å². The summed E-state index contributed by atoms with van der Waals surface area (Å²) in [5.74, 6) is 0.759. The molecule has 2 aliphatic rings. The normalized spacial score (nSPS) is 28.1. The summed E-state index contributed by atoms with van der Waals surface area (Å²) in [6, 6.07) is 0. The number of hydrogen-bond donors (Lipinski definition) is 0. The zero-order valence-corrected chi connectivity index (χ0v) is 10.5. The number of nitrogens with zero attached hydrogens (tertiary/aromatic N) is 1. The summed E-state index contributed by atoms with van der Waals surface area (Å²) in [6.45, 7) is 11.7. The van der Waals surface area contributed by atoms with E-state index >= 15 is 0 Å². The second-order valence-corrected chi connectivity index (χ2v) is 5.93. The van der Waals surface area contributed by atoms with Crippen LogP contribution in [0.3, 0.4) is 0 Å². The van der Waals surface area contributed by atoms with E-state index in [1.165, 1.54) is 25.9 Å². The minimum absolute atomic E-state index is 0.319. The van der Waals surface area contributed by atoms with Gasteiger partial charge in [-0.1, -0.05) is 19.1 Å². The number of rotatable bonds is 0. The first-order valence-corrected chi connectivity index (χ1v) is 6.12. The minimum atomic E-state index is 0.319. The van der Waals surface area contributed by atoms with Crippen LogP contribution in [0, 0.1) is 5.92 Å². The molecule has 1 heterocycles. The van der Waals surface area contributed by atoms with Gasteiger partial charge in [-0.2, -0.15) is 0 Å². The number of allylic oxidation sites excluding steroid dienone is 2. The Morgan fingerprint density at radius 2 is 2.07 bits per heavy atom. The van der Waals surface area contributed by atoms with Crippen molar-refractivity contribution in [1.29, 1.82) is 0 Å². The van der Waals surface area contributed by atoms with Crippen molar-refractivity contribution in [1.82, 2.24) is 4.90 Å². The molecule has 0 saturated carbocycles. The molecule has 1 aliphatic carbocycles. The third-order valence-electron chi connectivity index (χ3n) is 3.78. The van der Waals surface area contributed by atoms with Gasteiger partial charge in [-0.05, 0) is 50.7 Å². The summed E-state index contributed by atoms with van der Waals surface area (Å²) < 4.78 is 0. The van der Waals surface area contributed by atoms with Crippen LogP contribution in [0.25, 0.3) is 0 Å². The lowest BCUT2D eigenvalue weighted by atomic mass is 9.83. The van der Waals surface area contributed by atoms with Crippen molar-refractivity contribution in [3.63, 3.8) is 0 Å². The Morgan fingerprint density at radius 1 is 1.33 bits per heavy atom. The molecule has 0 aromatic rings. The van der Waals surface area contributed by atoms with E-state index in [4.69, 9.17) is 0 Å². The van der Waals surface area contributed by atoms with Crippen molar-refractivity contribution in [2.24, 2.45) is 5.92 Å². The Balaban J connectivity index is 2.19. The first kappa shape index (κ1) is 10.9. The highest BCUT2D eigenvalue weighted by atomic mass is 15.2. The first-order chi connectivity index (χ1) is 6.98. The van der Waals surface area contributed by atoms with E-state index < -0.39 is 0 Å². The Hall–Kier alpha value is -0.560. The van der Waals surface area contributed by atoms with E-state index in [-0.39, 0.29) is 0 Å². The molecule has 0 radical (unpaired) electrons. The zero-order chi connectivity index (χ0) is 11.1. The lowest BCUT2D eigenvalue weighted by Gasteiger charge is -2.42. The quantitative estimate of drug-likeness (QED) is 0.586. The maximum Gasteiger partial charge on any atom is 0.0206 e. The monoisotopic (exact) mass is 205 g/mol. The average molecular weight is 205 g/mol. The summed E-state index contributed by atoms with van der Waals surface area (Å²) in [4.78, 5) is 2.61.